The zero-order valence-electron chi connectivity index (χ0n) is 15.5. The Morgan fingerprint density at radius 3 is 2.67 bits per heavy atom. The summed E-state index contributed by atoms with van der Waals surface area (Å²) < 4.78 is 35.5. The summed E-state index contributed by atoms with van der Waals surface area (Å²) in [5.74, 6) is -0.467. The molecule has 0 aromatic heterocycles. The van der Waals surface area contributed by atoms with Gasteiger partial charge in [0.05, 0.1) is 6.04 Å². The molecule has 3 rings (SSSR count). The van der Waals surface area contributed by atoms with E-state index in [1.807, 2.05) is 20.9 Å². The van der Waals surface area contributed by atoms with Crippen molar-refractivity contribution in [1.29, 1.82) is 0 Å². The van der Waals surface area contributed by atoms with E-state index >= 15 is 0 Å². The molecule has 4 atom stereocenters. The Hall–Kier alpha value is -1.47. The number of nitrogens with one attached hydrogen (secondary N) is 2. The van der Waals surface area contributed by atoms with Gasteiger partial charge in [-0.1, -0.05) is 13.8 Å². The molecule has 12 heteroatoms. The van der Waals surface area contributed by atoms with Gasteiger partial charge >= 0.3 is 16.4 Å². The molecular weight excluding hydrogens is 380 g/mol. The lowest BCUT2D eigenvalue weighted by Crippen LogP contribution is -2.55. The van der Waals surface area contributed by atoms with Crippen LogP contribution in [0.4, 0.5) is 4.79 Å². The van der Waals surface area contributed by atoms with Crippen molar-refractivity contribution >= 4 is 22.3 Å². The van der Waals surface area contributed by atoms with Crippen molar-refractivity contribution in [2.45, 2.75) is 63.8 Å². The van der Waals surface area contributed by atoms with Crippen molar-refractivity contribution in [3.63, 3.8) is 0 Å². The monoisotopic (exact) mass is 406 g/mol. The van der Waals surface area contributed by atoms with Gasteiger partial charge in [0.15, 0.2) is 0 Å². The number of nitrogens with zero attached hydrogens (tertiary/aromatic N) is 2. The fourth-order valence-electron chi connectivity index (χ4n) is 4.19. The highest BCUT2D eigenvalue weighted by atomic mass is 32.3. The second kappa shape index (κ2) is 7.17. The molecule has 0 aromatic rings. The van der Waals surface area contributed by atoms with Gasteiger partial charge in [-0.05, 0) is 38.1 Å². The molecule has 3 fully saturated rings. The Balaban J connectivity index is 1.70. The number of hydrogen-bond acceptors (Lipinski definition) is 7. The maximum absolute atomic E-state index is 12.7. The van der Waals surface area contributed by atoms with Gasteiger partial charge in [-0.2, -0.15) is 13.5 Å². The molecule has 11 nitrogen and oxygen atoms in total. The van der Waals surface area contributed by atoms with Gasteiger partial charge in [0.25, 0.3) is 5.91 Å². The molecule has 154 valence electrons. The van der Waals surface area contributed by atoms with E-state index in [4.69, 9.17) is 9.39 Å². The van der Waals surface area contributed by atoms with Gasteiger partial charge in [-0.25, -0.2) is 10.3 Å². The van der Waals surface area contributed by atoms with Crippen LogP contribution in [0.3, 0.4) is 0 Å². The molecule has 0 spiro atoms. The number of likely N-dealkylation sites (N-methyl/N-ethyl adjacent to an activating group) is 1. The van der Waals surface area contributed by atoms with Crippen LogP contribution in [0.25, 0.3) is 0 Å². The number of carbonyl (C=O) groups is 2. The zero-order valence-corrected chi connectivity index (χ0v) is 16.4. The predicted molar refractivity (Wildman–Crippen MR) is 92.3 cm³/mol. The molecule has 4 unspecified atom stereocenters. The first kappa shape index (κ1) is 20.3. The molecule has 1 saturated carbocycles. The molecule has 1 aliphatic carbocycles. The first-order chi connectivity index (χ1) is 12.5. The summed E-state index contributed by atoms with van der Waals surface area (Å²) in [6.45, 7) is 3.73. The third kappa shape index (κ3) is 4.04. The van der Waals surface area contributed by atoms with E-state index in [2.05, 4.69) is 15.1 Å². The molecule has 3 N–H and O–H groups in total. The van der Waals surface area contributed by atoms with Crippen LogP contribution in [0.1, 0.15) is 39.5 Å². The Bertz CT molecular complexity index is 713. The molecule has 2 heterocycles. The van der Waals surface area contributed by atoms with Crippen molar-refractivity contribution < 1.29 is 31.7 Å². The number of amides is 3. The number of hydrogen-bond donors (Lipinski definition) is 3. The van der Waals surface area contributed by atoms with Gasteiger partial charge in [-0.15, -0.1) is 4.28 Å². The van der Waals surface area contributed by atoms with E-state index in [0.29, 0.717) is 11.5 Å². The summed E-state index contributed by atoms with van der Waals surface area (Å²) >= 11 is 0. The fraction of sp³-hybridized carbons (Fsp3) is 0.867. The SMILES string of the molecule is CNC1CCCC1ONC(=O)C1CC(C)(C)C2CN1C(=O)N2OS(=O)(=O)O. The van der Waals surface area contributed by atoms with E-state index in [9.17, 15) is 18.0 Å². The van der Waals surface area contributed by atoms with Crippen LogP contribution in [0, 0.1) is 5.41 Å². The van der Waals surface area contributed by atoms with E-state index < -0.39 is 39.8 Å². The third-order valence-corrected chi connectivity index (χ3v) is 6.05. The highest BCUT2D eigenvalue weighted by molar-refractivity contribution is 7.80. The molecule has 0 aromatic carbocycles. The van der Waals surface area contributed by atoms with Gasteiger partial charge in [0, 0.05) is 12.6 Å². The summed E-state index contributed by atoms with van der Waals surface area (Å²) in [4.78, 5) is 32.0. The minimum absolute atomic E-state index is 0.113. The van der Waals surface area contributed by atoms with Gasteiger partial charge in [0.1, 0.15) is 12.1 Å². The second-order valence-corrected chi connectivity index (χ2v) is 8.94. The zero-order chi connectivity index (χ0) is 20.0. The fourth-order valence-corrected chi connectivity index (χ4v) is 4.56. The smallest absolute Gasteiger partial charge is 0.314 e. The van der Waals surface area contributed by atoms with Crippen LogP contribution in [0.15, 0.2) is 0 Å². The number of hydroxylamine groups is 3. The maximum atomic E-state index is 12.7. The number of fused-ring (bicyclic) bond motifs is 2. The summed E-state index contributed by atoms with van der Waals surface area (Å²) in [7, 11) is -3.01. The molecule has 27 heavy (non-hydrogen) atoms. The normalized spacial score (nSPS) is 32.8. The lowest BCUT2D eigenvalue weighted by Gasteiger charge is -2.40. The third-order valence-electron chi connectivity index (χ3n) is 5.70. The van der Waals surface area contributed by atoms with Gasteiger partial charge in [-0.3, -0.25) is 14.2 Å². The first-order valence-corrected chi connectivity index (χ1v) is 10.3. The summed E-state index contributed by atoms with van der Waals surface area (Å²) in [5.41, 5.74) is 1.85. The Morgan fingerprint density at radius 2 is 2.04 bits per heavy atom. The quantitative estimate of drug-likeness (QED) is 0.408. The number of rotatable bonds is 6. The number of urea groups is 1. The van der Waals surface area contributed by atoms with Gasteiger partial charge < -0.3 is 10.2 Å². The van der Waals surface area contributed by atoms with Crippen molar-refractivity contribution in [3.05, 3.63) is 0 Å². The van der Waals surface area contributed by atoms with Crippen molar-refractivity contribution in [2.75, 3.05) is 13.6 Å². The molecule has 2 saturated heterocycles. The minimum Gasteiger partial charge on any atom is -0.314 e. The lowest BCUT2D eigenvalue weighted by molar-refractivity contribution is -0.146. The van der Waals surface area contributed by atoms with Crippen LogP contribution in [-0.4, -0.2) is 72.7 Å². The van der Waals surface area contributed by atoms with Crippen molar-refractivity contribution in [1.82, 2.24) is 20.8 Å². The summed E-state index contributed by atoms with van der Waals surface area (Å²) in [6.07, 6.45) is 2.93. The summed E-state index contributed by atoms with van der Waals surface area (Å²) in [5, 5.41) is 3.78. The first-order valence-electron chi connectivity index (χ1n) is 8.93. The molecule has 2 aliphatic heterocycles. The Labute approximate surface area is 158 Å². The van der Waals surface area contributed by atoms with Crippen molar-refractivity contribution in [3.8, 4) is 0 Å². The Kier molecular flexibility index (Phi) is 5.38. The number of carbonyl (C=O) groups excluding carboxylic acids is 2. The highest BCUT2D eigenvalue weighted by Crippen LogP contribution is 2.42. The highest BCUT2D eigenvalue weighted by Gasteiger charge is 2.57. The van der Waals surface area contributed by atoms with Crippen molar-refractivity contribution in [2.24, 2.45) is 5.41 Å². The van der Waals surface area contributed by atoms with Crippen LogP contribution in [0.5, 0.6) is 0 Å². The number of piperidine rings is 1. The molecule has 3 amide bonds. The molecule has 2 bridgehead atoms. The second-order valence-electron chi connectivity index (χ2n) is 7.94. The van der Waals surface area contributed by atoms with E-state index in [1.165, 1.54) is 4.90 Å². The van der Waals surface area contributed by atoms with Crippen LogP contribution >= 0.6 is 0 Å². The molecular formula is C15H26N4O7S. The molecule has 0 radical (unpaired) electrons. The standard InChI is InChI=1S/C15H26N4O7S/c1-15(2)7-10(13(20)17-25-11-6-4-5-9(11)16-3)18-8-12(15)19(14(18)21)26-27(22,23)24/h9-12,16H,4-8H2,1-3H3,(H,17,20)(H,22,23,24). The molecule has 3 aliphatic rings. The van der Waals surface area contributed by atoms with E-state index in [0.717, 1.165) is 19.3 Å². The van der Waals surface area contributed by atoms with E-state index in [1.54, 1.807) is 0 Å². The topological polar surface area (TPSA) is 138 Å². The van der Waals surface area contributed by atoms with E-state index in [-0.39, 0.29) is 18.7 Å². The predicted octanol–water partition coefficient (Wildman–Crippen LogP) is -0.186. The van der Waals surface area contributed by atoms with Crippen LogP contribution in [0.2, 0.25) is 0 Å². The minimum atomic E-state index is -4.85. The van der Waals surface area contributed by atoms with Crippen LogP contribution in [-0.2, 0) is 24.3 Å². The largest absolute Gasteiger partial charge is 0.418 e. The maximum Gasteiger partial charge on any atom is 0.418 e. The lowest BCUT2D eigenvalue weighted by atomic mass is 9.76. The summed E-state index contributed by atoms with van der Waals surface area (Å²) in [6, 6.07) is -2.06. The Morgan fingerprint density at radius 1 is 1.33 bits per heavy atom. The van der Waals surface area contributed by atoms with Crippen LogP contribution < -0.4 is 10.8 Å². The van der Waals surface area contributed by atoms with Gasteiger partial charge in [0.2, 0.25) is 0 Å². The average molecular weight is 406 g/mol. The average Bonchev–Trinajstić information content (AvgIpc) is 3.13.